The third-order valence-electron chi connectivity index (χ3n) is 5.23. The number of hydrogen-bond donors (Lipinski definition) is 2. The van der Waals surface area contributed by atoms with E-state index in [1.807, 2.05) is 71.5 Å². The molecular weight excluding hydrogens is 364 g/mol. The fraction of sp³-hybridized carbons (Fsp3) is 0.261. The number of aromatic nitrogens is 2. The molecule has 29 heavy (non-hydrogen) atoms. The molecule has 6 nitrogen and oxygen atoms in total. The first kappa shape index (κ1) is 19.2. The third kappa shape index (κ3) is 4.67. The number of Topliss-reactive ketones (excluding diaryl/α,β-unsaturated/α-hetero) is 2. The summed E-state index contributed by atoms with van der Waals surface area (Å²) in [7, 11) is 0. The standard InChI is InChI=1S/C23H24N4O2/c28-20-15-21(25-16-20)22(24-12-14-27-13-4-11-26-27)23(29)19-9-7-18(8-10-19)17-5-2-1-3-6-17/h1-11,13,21-22,24-25H,12,14-16H2/t21?,22-/m0/s1. The van der Waals surface area contributed by atoms with Crippen LogP contribution in [0.1, 0.15) is 16.8 Å². The monoisotopic (exact) mass is 388 g/mol. The Morgan fingerprint density at radius 1 is 1.10 bits per heavy atom. The summed E-state index contributed by atoms with van der Waals surface area (Å²) >= 11 is 0. The van der Waals surface area contributed by atoms with Gasteiger partial charge in [-0.15, -0.1) is 0 Å². The Morgan fingerprint density at radius 3 is 2.52 bits per heavy atom. The molecule has 1 unspecified atom stereocenters. The summed E-state index contributed by atoms with van der Waals surface area (Å²) in [6.45, 7) is 1.57. The van der Waals surface area contributed by atoms with E-state index in [9.17, 15) is 9.59 Å². The second-order valence-corrected chi connectivity index (χ2v) is 7.24. The van der Waals surface area contributed by atoms with Gasteiger partial charge in [-0.05, 0) is 17.2 Å². The molecule has 0 radical (unpaired) electrons. The van der Waals surface area contributed by atoms with Gasteiger partial charge in [0.15, 0.2) is 5.78 Å². The Kier molecular flexibility index (Phi) is 5.93. The van der Waals surface area contributed by atoms with Gasteiger partial charge in [0.25, 0.3) is 0 Å². The first-order valence-corrected chi connectivity index (χ1v) is 9.86. The smallest absolute Gasteiger partial charge is 0.181 e. The van der Waals surface area contributed by atoms with Crippen molar-refractivity contribution in [2.24, 2.45) is 0 Å². The maximum absolute atomic E-state index is 13.2. The lowest BCUT2D eigenvalue weighted by atomic mass is 9.95. The number of carbonyl (C=O) groups excluding carboxylic acids is 2. The van der Waals surface area contributed by atoms with Gasteiger partial charge in [-0.2, -0.15) is 5.10 Å². The van der Waals surface area contributed by atoms with Gasteiger partial charge < -0.3 is 10.6 Å². The highest BCUT2D eigenvalue weighted by Crippen LogP contribution is 2.20. The van der Waals surface area contributed by atoms with Crippen LogP contribution in [-0.2, 0) is 11.3 Å². The van der Waals surface area contributed by atoms with Gasteiger partial charge in [0.1, 0.15) is 5.78 Å². The van der Waals surface area contributed by atoms with E-state index >= 15 is 0 Å². The highest BCUT2D eigenvalue weighted by molar-refractivity contribution is 6.01. The molecule has 0 aliphatic carbocycles. The maximum Gasteiger partial charge on any atom is 0.181 e. The normalized spacial score (nSPS) is 17.4. The largest absolute Gasteiger partial charge is 0.305 e. The Hall–Kier alpha value is -3.09. The molecule has 0 amide bonds. The van der Waals surface area contributed by atoms with Crippen molar-refractivity contribution in [1.29, 1.82) is 0 Å². The predicted octanol–water partition coefficient (Wildman–Crippen LogP) is 2.32. The van der Waals surface area contributed by atoms with Crippen molar-refractivity contribution in [3.8, 4) is 11.1 Å². The van der Waals surface area contributed by atoms with Gasteiger partial charge in [-0.1, -0.05) is 54.6 Å². The second kappa shape index (κ2) is 8.94. The van der Waals surface area contributed by atoms with Crippen molar-refractivity contribution in [3.63, 3.8) is 0 Å². The molecule has 3 aromatic rings. The van der Waals surface area contributed by atoms with Crippen LogP contribution in [0, 0.1) is 0 Å². The summed E-state index contributed by atoms with van der Waals surface area (Å²) in [5, 5.41) is 10.7. The molecule has 6 heteroatoms. The maximum atomic E-state index is 13.2. The fourth-order valence-electron chi connectivity index (χ4n) is 3.69. The van der Waals surface area contributed by atoms with E-state index in [-0.39, 0.29) is 17.6 Å². The first-order valence-electron chi connectivity index (χ1n) is 9.86. The lowest BCUT2D eigenvalue weighted by Crippen LogP contribution is -2.51. The van der Waals surface area contributed by atoms with E-state index in [2.05, 4.69) is 15.7 Å². The van der Waals surface area contributed by atoms with Crippen LogP contribution in [0.25, 0.3) is 11.1 Å². The highest BCUT2D eigenvalue weighted by atomic mass is 16.1. The lowest BCUT2D eigenvalue weighted by Gasteiger charge is -2.23. The highest BCUT2D eigenvalue weighted by Gasteiger charge is 2.33. The molecule has 2 N–H and O–H groups in total. The number of hydrogen-bond acceptors (Lipinski definition) is 5. The van der Waals surface area contributed by atoms with Gasteiger partial charge in [-0.25, -0.2) is 0 Å². The molecular formula is C23H24N4O2. The van der Waals surface area contributed by atoms with E-state index in [1.54, 1.807) is 6.20 Å². The zero-order chi connectivity index (χ0) is 20.1. The SMILES string of the molecule is O=C1CNC([C@H](NCCn2cccn2)C(=O)c2ccc(-c3ccccc3)cc2)C1. The molecule has 0 bridgehead atoms. The number of ketones is 2. The van der Waals surface area contributed by atoms with Crippen molar-refractivity contribution >= 4 is 11.6 Å². The molecule has 1 aliphatic rings. The zero-order valence-electron chi connectivity index (χ0n) is 16.1. The Bertz CT molecular complexity index is 952. The van der Waals surface area contributed by atoms with Crippen LogP contribution in [0.5, 0.6) is 0 Å². The predicted molar refractivity (Wildman–Crippen MR) is 112 cm³/mol. The molecule has 1 aromatic heterocycles. The number of rotatable bonds is 8. The molecule has 1 saturated heterocycles. The molecule has 148 valence electrons. The van der Waals surface area contributed by atoms with E-state index in [0.717, 1.165) is 11.1 Å². The molecule has 4 rings (SSSR count). The summed E-state index contributed by atoms with van der Waals surface area (Å²) in [5.41, 5.74) is 2.82. The lowest BCUT2D eigenvalue weighted by molar-refractivity contribution is -0.116. The van der Waals surface area contributed by atoms with Gasteiger partial charge in [0.2, 0.25) is 0 Å². The van der Waals surface area contributed by atoms with Gasteiger partial charge in [0, 0.05) is 37.0 Å². The zero-order valence-corrected chi connectivity index (χ0v) is 16.1. The van der Waals surface area contributed by atoms with Gasteiger partial charge in [-0.3, -0.25) is 14.3 Å². The topological polar surface area (TPSA) is 76.0 Å². The van der Waals surface area contributed by atoms with Crippen LogP contribution in [0.3, 0.4) is 0 Å². The molecule has 0 spiro atoms. The van der Waals surface area contributed by atoms with Crippen LogP contribution >= 0.6 is 0 Å². The van der Waals surface area contributed by atoms with Gasteiger partial charge in [0.05, 0.1) is 19.1 Å². The quantitative estimate of drug-likeness (QED) is 0.579. The average Bonchev–Trinajstić information content (AvgIpc) is 3.43. The number of nitrogens with zero attached hydrogens (tertiary/aromatic N) is 2. The van der Waals surface area contributed by atoms with Crippen LogP contribution < -0.4 is 10.6 Å². The summed E-state index contributed by atoms with van der Waals surface area (Å²) in [6.07, 6.45) is 3.99. The Morgan fingerprint density at radius 2 is 1.86 bits per heavy atom. The number of carbonyl (C=O) groups is 2. The summed E-state index contributed by atoms with van der Waals surface area (Å²) in [6, 6.07) is 19.0. The molecule has 2 atom stereocenters. The average molecular weight is 388 g/mol. The molecule has 1 aliphatic heterocycles. The second-order valence-electron chi connectivity index (χ2n) is 7.24. The van der Waals surface area contributed by atoms with Gasteiger partial charge >= 0.3 is 0 Å². The first-order chi connectivity index (χ1) is 14.2. The van der Waals surface area contributed by atoms with E-state index < -0.39 is 6.04 Å². The molecule has 0 saturated carbocycles. The fourth-order valence-corrected chi connectivity index (χ4v) is 3.69. The van der Waals surface area contributed by atoms with Crippen LogP contribution in [0.2, 0.25) is 0 Å². The molecule has 2 aromatic carbocycles. The van der Waals surface area contributed by atoms with E-state index in [4.69, 9.17) is 0 Å². The summed E-state index contributed by atoms with van der Waals surface area (Å²) < 4.78 is 1.82. The third-order valence-corrected chi connectivity index (χ3v) is 5.23. The minimum atomic E-state index is -0.459. The Labute approximate surface area is 169 Å². The van der Waals surface area contributed by atoms with Crippen molar-refractivity contribution < 1.29 is 9.59 Å². The van der Waals surface area contributed by atoms with Crippen molar-refractivity contribution in [2.75, 3.05) is 13.1 Å². The molecule has 2 heterocycles. The van der Waals surface area contributed by atoms with Crippen LogP contribution in [-0.4, -0.2) is 46.5 Å². The van der Waals surface area contributed by atoms with E-state index in [0.29, 0.717) is 31.6 Å². The van der Waals surface area contributed by atoms with Crippen LogP contribution in [0.4, 0.5) is 0 Å². The Balaban J connectivity index is 1.48. The van der Waals surface area contributed by atoms with Crippen LogP contribution in [0.15, 0.2) is 73.1 Å². The number of benzene rings is 2. The minimum Gasteiger partial charge on any atom is -0.305 e. The summed E-state index contributed by atoms with van der Waals surface area (Å²) in [5.74, 6) is 0.137. The van der Waals surface area contributed by atoms with Crippen molar-refractivity contribution in [2.45, 2.75) is 25.0 Å². The number of nitrogens with one attached hydrogen (secondary N) is 2. The molecule has 1 fully saturated rings. The van der Waals surface area contributed by atoms with E-state index in [1.165, 1.54) is 0 Å². The van der Waals surface area contributed by atoms with Crippen molar-refractivity contribution in [3.05, 3.63) is 78.6 Å². The summed E-state index contributed by atoms with van der Waals surface area (Å²) in [4.78, 5) is 25.0. The minimum absolute atomic E-state index is 0.00252. The van der Waals surface area contributed by atoms with Crippen molar-refractivity contribution in [1.82, 2.24) is 20.4 Å².